The zero-order valence-electron chi connectivity index (χ0n) is 14.3. The molecule has 1 aliphatic rings. The average molecular weight is 380 g/mol. The van der Waals surface area contributed by atoms with Gasteiger partial charge in [0.25, 0.3) is 0 Å². The smallest absolute Gasteiger partial charge is 0.226 e. The fourth-order valence-electron chi connectivity index (χ4n) is 3.52. The molecule has 1 unspecified atom stereocenters. The highest BCUT2D eigenvalue weighted by molar-refractivity contribution is 6.30. The van der Waals surface area contributed by atoms with Crippen molar-refractivity contribution in [1.29, 1.82) is 0 Å². The van der Waals surface area contributed by atoms with Crippen LogP contribution in [0.25, 0.3) is 11.5 Å². The molecule has 27 heavy (non-hydrogen) atoms. The van der Waals surface area contributed by atoms with Gasteiger partial charge in [0.05, 0.1) is 5.69 Å². The van der Waals surface area contributed by atoms with Crippen molar-refractivity contribution in [1.82, 2.24) is 29.6 Å². The van der Waals surface area contributed by atoms with Gasteiger partial charge in [0, 0.05) is 22.9 Å². The number of benzene rings is 1. The van der Waals surface area contributed by atoms with Gasteiger partial charge < -0.3 is 5.32 Å². The third-order valence-corrected chi connectivity index (χ3v) is 4.99. The van der Waals surface area contributed by atoms with Gasteiger partial charge in [0.2, 0.25) is 5.91 Å². The molecule has 1 atom stereocenters. The number of hydrogen-bond donors (Lipinski definition) is 1. The van der Waals surface area contributed by atoms with E-state index in [4.69, 9.17) is 11.6 Å². The molecule has 0 fully saturated rings. The van der Waals surface area contributed by atoms with E-state index in [2.05, 4.69) is 25.7 Å². The number of halogens is 1. The van der Waals surface area contributed by atoms with E-state index in [1.807, 2.05) is 31.2 Å². The Morgan fingerprint density at radius 1 is 1.15 bits per heavy atom. The molecule has 3 aromatic heterocycles. The van der Waals surface area contributed by atoms with Gasteiger partial charge in [-0.3, -0.25) is 4.79 Å². The molecule has 0 radical (unpaired) electrons. The van der Waals surface area contributed by atoms with Crippen molar-refractivity contribution >= 4 is 29.0 Å². The normalized spacial score (nSPS) is 16.4. The molecule has 9 heteroatoms. The van der Waals surface area contributed by atoms with Gasteiger partial charge in [0.1, 0.15) is 12.1 Å². The predicted octanol–water partition coefficient (Wildman–Crippen LogP) is 2.75. The molecule has 1 N–H and O–H groups in total. The maximum atomic E-state index is 12.4. The van der Waals surface area contributed by atoms with E-state index in [0.717, 1.165) is 16.8 Å². The van der Waals surface area contributed by atoms with E-state index in [0.29, 0.717) is 28.7 Å². The zero-order valence-corrected chi connectivity index (χ0v) is 15.1. The number of anilines is 1. The molecule has 0 saturated heterocycles. The van der Waals surface area contributed by atoms with Crippen LogP contribution in [-0.4, -0.2) is 35.5 Å². The van der Waals surface area contributed by atoms with Gasteiger partial charge in [-0.2, -0.15) is 14.3 Å². The monoisotopic (exact) mass is 379 g/mol. The van der Waals surface area contributed by atoms with Crippen molar-refractivity contribution in [3.63, 3.8) is 0 Å². The number of hydrogen-bond acceptors (Lipinski definition) is 5. The summed E-state index contributed by atoms with van der Waals surface area (Å²) in [6.07, 6.45) is 1.88. The first-order chi connectivity index (χ1) is 13.1. The van der Waals surface area contributed by atoms with Gasteiger partial charge in [-0.1, -0.05) is 23.7 Å². The molecule has 0 spiro atoms. The summed E-state index contributed by atoms with van der Waals surface area (Å²) >= 11 is 6.02. The molecular formula is C18H14ClN7O. The fraction of sp³-hybridized carbons (Fsp3) is 0.167. The summed E-state index contributed by atoms with van der Waals surface area (Å²) in [5.74, 6) is 1.07. The van der Waals surface area contributed by atoms with Crippen LogP contribution in [0.2, 0.25) is 5.02 Å². The summed E-state index contributed by atoms with van der Waals surface area (Å²) in [5.41, 5.74) is 3.50. The standard InChI is InChI=1S/C18H14ClN7O/c1-10-17-13(11-2-4-12(19)5-3-11)8-16(27)21-18(17)26(23-10)15-7-6-14-22-20-9-25(14)24-15/h2-7,9,13H,8H2,1H3,(H,21,27). The molecule has 4 aromatic rings. The molecule has 0 saturated carbocycles. The van der Waals surface area contributed by atoms with Crippen LogP contribution in [0.5, 0.6) is 0 Å². The lowest BCUT2D eigenvalue weighted by Crippen LogP contribution is -2.25. The first-order valence-corrected chi connectivity index (χ1v) is 8.80. The highest BCUT2D eigenvalue weighted by Crippen LogP contribution is 2.40. The van der Waals surface area contributed by atoms with Gasteiger partial charge >= 0.3 is 0 Å². The average Bonchev–Trinajstić information content (AvgIpc) is 3.25. The van der Waals surface area contributed by atoms with Crippen molar-refractivity contribution in [2.75, 3.05) is 5.32 Å². The minimum Gasteiger partial charge on any atom is -0.310 e. The topological polar surface area (TPSA) is 90.0 Å². The van der Waals surface area contributed by atoms with E-state index in [9.17, 15) is 4.79 Å². The molecule has 0 bridgehead atoms. The van der Waals surface area contributed by atoms with Gasteiger partial charge in [-0.15, -0.1) is 15.3 Å². The third-order valence-electron chi connectivity index (χ3n) is 4.74. The number of aryl methyl sites for hydroxylation is 1. The van der Waals surface area contributed by atoms with Gasteiger partial charge in [-0.25, -0.2) is 0 Å². The van der Waals surface area contributed by atoms with Crippen molar-refractivity contribution in [3.05, 3.63) is 64.6 Å². The van der Waals surface area contributed by atoms with Crippen LogP contribution >= 0.6 is 11.6 Å². The predicted molar refractivity (Wildman–Crippen MR) is 99.2 cm³/mol. The van der Waals surface area contributed by atoms with Crippen LogP contribution in [-0.2, 0) is 4.79 Å². The molecular weight excluding hydrogens is 366 g/mol. The molecule has 134 valence electrons. The number of rotatable bonds is 2. The van der Waals surface area contributed by atoms with Crippen LogP contribution in [0.3, 0.4) is 0 Å². The van der Waals surface area contributed by atoms with Crippen molar-refractivity contribution in [3.8, 4) is 5.82 Å². The van der Waals surface area contributed by atoms with E-state index in [1.165, 1.54) is 6.33 Å². The Bertz CT molecular complexity index is 1180. The Kier molecular flexibility index (Phi) is 3.48. The maximum Gasteiger partial charge on any atom is 0.226 e. The summed E-state index contributed by atoms with van der Waals surface area (Å²) in [7, 11) is 0. The Balaban J connectivity index is 1.67. The van der Waals surface area contributed by atoms with E-state index >= 15 is 0 Å². The van der Waals surface area contributed by atoms with Gasteiger partial charge in [-0.05, 0) is 36.8 Å². The van der Waals surface area contributed by atoms with Crippen molar-refractivity contribution < 1.29 is 4.79 Å². The molecule has 1 aliphatic heterocycles. The maximum absolute atomic E-state index is 12.4. The van der Waals surface area contributed by atoms with Crippen molar-refractivity contribution in [2.24, 2.45) is 0 Å². The highest BCUT2D eigenvalue weighted by atomic mass is 35.5. The van der Waals surface area contributed by atoms with Crippen LogP contribution in [0.1, 0.15) is 29.2 Å². The third kappa shape index (κ3) is 2.57. The number of aromatic nitrogens is 6. The first-order valence-electron chi connectivity index (χ1n) is 8.42. The van der Waals surface area contributed by atoms with E-state index < -0.39 is 0 Å². The quantitative estimate of drug-likeness (QED) is 0.578. The van der Waals surface area contributed by atoms with Crippen molar-refractivity contribution in [2.45, 2.75) is 19.3 Å². The Morgan fingerprint density at radius 2 is 1.96 bits per heavy atom. The van der Waals surface area contributed by atoms with E-state index in [1.54, 1.807) is 21.3 Å². The number of nitrogens with one attached hydrogen (secondary N) is 1. The molecule has 4 heterocycles. The molecule has 0 aliphatic carbocycles. The number of carbonyl (C=O) groups is 1. The minimum absolute atomic E-state index is 0.0611. The van der Waals surface area contributed by atoms with Crippen LogP contribution in [0.4, 0.5) is 5.82 Å². The number of nitrogens with zero attached hydrogens (tertiary/aromatic N) is 6. The summed E-state index contributed by atoms with van der Waals surface area (Å²) < 4.78 is 3.23. The molecule has 8 nitrogen and oxygen atoms in total. The van der Waals surface area contributed by atoms with Crippen LogP contribution in [0, 0.1) is 6.92 Å². The summed E-state index contributed by atoms with van der Waals surface area (Å²) in [5, 5.41) is 20.5. The lowest BCUT2D eigenvalue weighted by molar-refractivity contribution is -0.116. The van der Waals surface area contributed by atoms with E-state index in [-0.39, 0.29) is 11.8 Å². The second kappa shape index (κ2) is 5.88. The summed E-state index contributed by atoms with van der Waals surface area (Å²) in [6, 6.07) is 11.2. The Labute approximate surface area is 158 Å². The SMILES string of the molecule is Cc1nn(-c2ccc3nncn3n2)c2c1C(c1ccc(Cl)cc1)CC(=O)N2. The molecule has 5 rings (SSSR count). The number of amides is 1. The Hall–Kier alpha value is -3.26. The highest BCUT2D eigenvalue weighted by Gasteiger charge is 2.32. The zero-order chi connectivity index (χ0) is 18.5. The van der Waals surface area contributed by atoms with Crippen LogP contribution < -0.4 is 5.32 Å². The van der Waals surface area contributed by atoms with Crippen LogP contribution in [0.15, 0.2) is 42.7 Å². The minimum atomic E-state index is -0.0848. The van der Waals surface area contributed by atoms with Gasteiger partial charge in [0.15, 0.2) is 11.5 Å². The summed E-state index contributed by atoms with van der Waals surface area (Å²) in [6.45, 7) is 1.94. The number of fused-ring (bicyclic) bond motifs is 2. The number of carbonyl (C=O) groups excluding carboxylic acids is 1. The Morgan fingerprint density at radius 3 is 2.78 bits per heavy atom. The first kappa shape index (κ1) is 16.0. The summed E-state index contributed by atoms with van der Waals surface area (Å²) in [4.78, 5) is 12.4. The fourth-order valence-corrected chi connectivity index (χ4v) is 3.65. The second-order valence-electron chi connectivity index (χ2n) is 6.44. The second-order valence-corrected chi connectivity index (χ2v) is 6.88. The largest absolute Gasteiger partial charge is 0.310 e. The molecule has 1 aromatic carbocycles. The lowest BCUT2D eigenvalue weighted by atomic mass is 9.86. The molecule has 1 amide bonds. The lowest BCUT2D eigenvalue weighted by Gasteiger charge is -2.24.